The fourth-order valence-electron chi connectivity index (χ4n) is 3.01. The van der Waals surface area contributed by atoms with Crippen molar-refractivity contribution in [2.24, 2.45) is 4.99 Å². The van der Waals surface area contributed by atoms with E-state index in [4.69, 9.17) is 9.73 Å². The summed E-state index contributed by atoms with van der Waals surface area (Å²) in [6.07, 6.45) is 2.25. The minimum Gasteiger partial charge on any atom is -0.373 e. The van der Waals surface area contributed by atoms with E-state index in [9.17, 15) is 0 Å². The van der Waals surface area contributed by atoms with Gasteiger partial charge in [-0.25, -0.2) is 4.99 Å². The topological polar surface area (TPSA) is 48.9 Å². The maximum atomic E-state index is 5.85. The van der Waals surface area contributed by atoms with Crippen molar-refractivity contribution >= 4 is 5.96 Å². The summed E-state index contributed by atoms with van der Waals surface area (Å²) in [4.78, 5) is 7.04. The molecule has 140 valence electrons. The Labute approximate surface area is 152 Å². The zero-order valence-corrected chi connectivity index (χ0v) is 16.3. The fraction of sp³-hybridized carbons (Fsp3) is 0.650. The Morgan fingerprint density at radius 3 is 2.76 bits per heavy atom. The van der Waals surface area contributed by atoms with E-state index in [0.29, 0.717) is 6.54 Å². The predicted molar refractivity (Wildman–Crippen MR) is 105 cm³/mol. The number of nitrogens with zero attached hydrogens (tertiary/aromatic N) is 2. The van der Waals surface area contributed by atoms with Crippen molar-refractivity contribution in [1.29, 1.82) is 0 Å². The Bertz CT molecular complexity index is 552. The second-order valence-corrected chi connectivity index (χ2v) is 7.10. The maximum absolute atomic E-state index is 5.85. The number of nitrogens with one attached hydrogen (secondary N) is 2. The average molecular weight is 347 g/mol. The van der Waals surface area contributed by atoms with Crippen molar-refractivity contribution in [2.45, 2.75) is 52.3 Å². The molecule has 2 N–H and O–H groups in total. The van der Waals surface area contributed by atoms with Crippen LogP contribution in [0.4, 0.5) is 0 Å². The molecule has 2 rings (SSSR count). The monoisotopic (exact) mass is 346 g/mol. The molecule has 1 atom stereocenters. The van der Waals surface area contributed by atoms with Crippen molar-refractivity contribution in [2.75, 3.05) is 33.3 Å². The first kappa shape index (κ1) is 19.7. The average Bonchev–Trinajstić information content (AvgIpc) is 3.04. The van der Waals surface area contributed by atoms with Crippen molar-refractivity contribution in [3.8, 4) is 0 Å². The first-order valence-corrected chi connectivity index (χ1v) is 9.47. The molecule has 1 aromatic carbocycles. The van der Waals surface area contributed by atoms with Gasteiger partial charge in [0.1, 0.15) is 0 Å². The SMILES string of the molecule is CCNC(=NCc1cccc(CN(C)CC)c1)NCC1(C)CCCO1. The van der Waals surface area contributed by atoms with Gasteiger partial charge in [-0.1, -0.05) is 31.2 Å². The van der Waals surface area contributed by atoms with Crippen molar-refractivity contribution in [3.05, 3.63) is 35.4 Å². The third-order valence-electron chi connectivity index (χ3n) is 4.68. The van der Waals surface area contributed by atoms with Crippen LogP contribution < -0.4 is 10.6 Å². The lowest BCUT2D eigenvalue weighted by Gasteiger charge is -2.24. The minimum atomic E-state index is -0.0686. The number of hydrogen-bond acceptors (Lipinski definition) is 3. The van der Waals surface area contributed by atoms with E-state index in [1.165, 1.54) is 11.1 Å². The van der Waals surface area contributed by atoms with Gasteiger partial charge in [-0.15, -0.1) is 0 Å². The van der Waals surface area contributed by atoms with Gasteiger partial charge in [-0.3, -0.25) is 0 Å². The highest BCUT2D eigenvalue weighted by atomic mass is 16.5. The Morgan fingerprint density at radius 1 is 1.28 bits per heavy atom. The van der Waals surface area contributed by atoms with Crippen LogP contribution in [0.25, 0.3) is 0 Å². The van der Waals surface area contributed by atoms with Gasteiger partial charge in [0.05, 0.1) is 12.1 Å². The van der Waals surface area contributed by atoms with E-state index in [-0.39, 0.29) is 5.60 Å². The van der Waals surface area contributed by atoms with E-state index >= 15 is 0 Å². The standard InChI is InChI=1S/C20H34N4O/c1-5-21-19(23-16-20(3)11-8-12-25-20)22-14-17-9-7-10-18(13-17)15-24(4)6-2/h7,9-10,13H,5-6,8,11-12,14-16H2,1-4H3,(H2,21,22,23). The zero-order valence-electron chi connectivity index (χ0n) is 16.3. The van der Waals surface area contributed by atoms with Gasteiger partial charge in [0.15, 0.2) is 5.96 Å². The first-order valence-electron chi connectivity index (χ1n) is 9.47. The predicted octanol–water partition coefficient (Wildman–Crippen LogP) is 2.76. The molecule has 5 heteroatoms. The molecule has 1 heterocycles. The number of hydrogen-bond donors (Lipinski definition) is 2. The number of aliphatic imine (C=N–C) groups is 1. The van der Waals surface area contributed by atoms with Gasteiger partial charge in [0, 0.05) is 26.2 Å². The summed E-state index contributed by atoms with van der Waals surface area (Å²) in [5, 5.41) is 6.76. The molecule has 1 unspecified atom stereocenters. The molecule has 1 fully saturated rings. The zero-order chi connectivity index (χ0) is 18.1. The van der Waals surface area contributed by atoms with Crippen LogP contribution >= 0.6 is 0 Å². The molecule has 0 amide bonds. The van der Waals surface area contributed by atoms with E-state index in [0.717, 1.165) is 51.6 Å². The number of benzene rings is 1. The van der Waals surface area contributed by atoms with E-state index < -0.39 is 0 Å². The Kier molecular flexibility index (Phi) is 7.72. The molecule has 0 radical (unpaired) electrons. The number of rotatable bonds is 8. The highest BCUT2D eigenvalue weighted by molar-refractivity contribution is 5.79. The fourth-order valence-corrected chi connectivity index (χ4v) is 3.01. The van der Waals surface area contributed by atoms with Crippen LogP contribution in [-0.2, 0) is 17.8 Å². The van der Waals surface area contributed by atoms with Crippen LogP contribution in [0.3, 0.4) is 0 Å². The van der Waals surface area contributed by atoms with Crippen molar-refractivity contribution in [1.82, 2.24) is 15.5 Å². The Hall–Kier alpha value is -1.59. The lowest BCUT2D eigenvalue weighted by molar-refractivity contribution is 0.0243. The quantitative estimate of drug-likeness (QED) is 0.561. The summed E-state index contributed by atoms with van der Waals surface area (Å²) in [6.45, 7) is 11.7. The third kappa shape index (κ3) is 6.67. The summed E-state index contributed by atoms with van der Waals surface area (Å²) in [5.41, 5.74) is 2.50. The molecular formula is C20H34N4O. The number of ether oxygens (including phenoxy) is 1. The Balaban J connectivity index is 1.94. The van der Waals surface area contributed by atoms with Gasteiger partial charge >= 0.3 is 0 Å². The molecule has 1 aliphatic rings. The van der Waals surface area contributed by atoms with E-state index in [1.54, 1.807) is 0 Å². The molecule has 1 saturated heterocycles. The lowest BCUT2D eigenvalue weighted by atomic mass is 10.0. The second-order valence-electron chi connectivity index (χ2n) is 7.10. The smallest absolute Gasteiger partial charge is 0.191 e. The van der Waals surface area contributed by atoms with Crippen LogP contribution in [0.15, 0.2) is 29.3 Å². The molecule has 1 aliphatic heterocycles. The lowest BCUT2D eigenvalue weighted by Crippen LogP contribution is -2.45. The van der Waals surface area contributed by atoms with Gasteiger partial charge < -0.3 is 20.3 Å². The summed E-state index contributed by atoms with van der Waals surface area (Å²) in [5.74, 6) is 0.857. The van der Waals surface area contributed by atoms with Crippen LogP contribution in [0, 0.1) is 0 Å². The minimum absolute atomic E-state index is 0.0686. The molecule has 0 spiro atoms. The van der Waals surface area contributed by atoms with Crippen molar-refractivity contribution < 1.29 is 4.74 Å². The summed E-state index contributed by atoms with van der Waals surface area (Å²) < 4.78 is 5.85. The summed E-state index contributed by atoms with van der Waals surface area (Å²) >= 11 is 0. The molecule has 5 nitrogen and oxygen atoms in total. The molecule has 1 aromatic rings. The molecule has 0 bridgehead atoms. The van der Waals surface area contributed by atoms with Crippen LogP contribution in [0.5, 0.6) is 0 Å². The third-order valence-corrected chi connectivity index (χ3v) is 4.68. The van der Waals surface area contributed by atoms with Crippen LogP contribution in [0.2, 0.25) is 0 Å². The number of guanidine groups is 1. The Morgan fingerprint density at radius 2 is 2.08 bits per heavy atom. The molecule has 0 saturated carbocycles. The van der Waals surface area contributed by atoms with Gasteiger partial charge in [0.25, 0.3) is 0 Å². The second kappa shape index (κ2) is 9.78. The highest BCUT2D eigenvalue weighted by Crippen LogP contribution is 2.23. The van der Waals surface area contributed by atoms with E-state index in [1.807, 2.05) is 0 Å². The molecular weight excluding hydrogens is 312 g/mol. The molecule has 0 aliphatic carbocycles. The van der Waals surface area contributed by atoms with Gasteiger partial charge in [-0.05, 0) is 51.4 Å². The van der Waals surface area contributed by atoms with Crippen LogP contribution in [-0.4, -0.2) is 49.7 Å². The largest absolute Gasteiger partial charge is 0.373 e. The normalized spacial score (nSPS) is 20.9. The molecule has 25 heavy (non-hydrogen) atoms. The summed E-state index contributed by atoms with van der Waals surface area (Å²) in [7, 11) is 2.14. The first-order chi connectivity index (χ1) is 12.0. The maximum Gasteiger partial charge on any atom is 0.191 e. The van der Waals surface area contributed by atoms with Gasteiger partial charge in [-0.2, -0.15) is 0 Å². The van der Waals surface area contributed by atoms with Crippen LogP contribution in [0.1, 0.15) is 44.7 Å². The van der Waals surface area contributed by atoms with E-state index in [2.05, 4.69) is 67.6 Å². The molecule has 0 aromatic heterocycles. The highest BCUT2D eigenvalue weighted by Gasteiger charge is 2.29. The van der Waals surface area contributed by atoms with Crippen molar-refractivity contribution in [3.63, 3.8) is 0 Å². The summed E-state index contributed by atoms with van der Waals surface area (Å²) in [6, 6.07) is 8.70. The van der Waals surface area contributed by atoms with Gasteiger partial charge in [0.2, 0.25) is 0 Å².